The summed E-state index contributed by atoms with van der Waals surface area (Å²) in [6.45, 7) is 6.51. The molecule has 2 atom stereocenters. The van der Waals surface area contributed by atoms with Crippen LogP contribution in [0.3, 0.4) is 0 Å². The third-order valence-corrected chi connectivity index (χ3v) is 6.24. The molecule has 0 bridgehead atoms. The fourth-order valence-corrected chi connectivity index (χ4v) is 4.11. The Morgan fingerprint density at radius 1 is 0.774 bits per heavy atom. The van der Waals surface area contributed by atoms with Gasteiger partial charge in [0.05, 0.1) is 6.61 Å². The third-order valence-electron chi connectivity index (χ3n) is 5.04. The second kappa shape index (κ2) is 20.4. The molecule has 1 aromatic carbocycles. The van der Waals surface area contributed by atoms with Gasteiger partial charge < -0.3 is 9.47 Å². The second-order valence-corrected chi connectivity index (χ2v) is 9.55. The number of ether oxygens (including phenoxy) is 2. The van der Waals surface area contributed by atoms with E-state index in [1.165, 1.54) is 63.1 Å². The predicted octanol–water partition coefficient (Wildman–Crippen LogP) is 5.79. The fourth-order valence-electron chi connectivity index (χ4n) is 3.14. The van der Waals surface area contributed by atoms with Crippen molar-refractivity contribution >= 4 is 61.4 Å². The van der Waals surface area contributed by atoms with Gasteiger partial charge in [-0.05, 0) is 25.8 Å². The summed E-state index contributed by atoms with van der Waals surface area (Å²) in [5.74, 6) is -0.558. The van der Waals surface area contributed by atoms with Crippen LogP contribution in [0, 0.1) is 0 Å². The molecule has 0 fully saturated rings. The zero-order valence-electron chi connectivity index (χ0n) is 19.1. The number of hydrogen-bond donors (Lipinski definition) is 0. The van der Waals surface area contributed by atoms with Crippen LogP contribution >= 0.6 is 11.8 Å². The molecule has 2 unspecified atom stereocenters. The van der Waals surface area contributed by atoms with Gasteiger partial charge in [-0.25, -0.2) is 0 Å². The van der Waals surface area contributed by atoms with Gasteiger partial charge in [0.1, 0.15) is 17.1 Å². The summed E-state index contributed by atoms with van der Waals surface area (Å²) in [4.78, 5) is 24.3. The third kappa shape index (κ3) is 16.1. The second-order valence-electron chi connectivity index (χ2n) is 7.86. The summed E-state index contributed by atoms with van der Waals surface area (Å²) in [5.41, 5.74) is 0.951. The van der Waals surface area contributed by atoms with Crippen molar-refractivity contribution < 1.29 is 19.1 Å². The van der Waals surface area contributed by atoms with Crippen LogP contribution in [0.5, 0.6) is 0 Å². The van der Waals surface area contributed by atoms with Crippen molar-refractivity contribution in [1.29, 1.82) is 0 Å². The topological polar surface area (TPSA) is 52.6 Å². The summed E-state index contributed by atoms with van der Waals surface area (Å²) in [5, 5.41) is -0.791. The SMILES string of the molecule is CCCCCCCCCCCCOC(=O)C(C)SC(C)C(=O)OCc1ccccc1.[CaH2]. The molecule has 31 heavy (non-hydrogen) atoms. The van der Waals surface area contributed by atoms with E-state index in [0.717, 1.165) is 18.4 Å². The minimum absolute atomic E-state index is 0. The van der Waals surface area contributed by atoms with E-state index in [-0.39, 0.29) is 61.5 Å². The molecule has 0 aliphatic rings. The van der Waals surface area contributed by atoms with Gasteiger partial charge in [-0.15, -0.1) is 11.8 Å². The Labute approximate surface area is 223 Å². The molecule has 0 saturated carbocycles. The number of unbranched alkanes of at least 4 members (excludes halogenated alkanes) is 9. The van der Waals surface area contributed by atoms with E-state index in [4.69, 9.17) is 9.47 Å². The first-order valence-corrected chi connectivity index (χ1v) is 12.5. The molecule has 1 aromatic rings. The minimum atomic E-state index is -0.409. The van der Waals surface area contributed by atoms with Crippen molar-refractivity contribution in [2.45, 2.75) is 102 Å². The molecule has 0 amide bonds. The molecule has 0 heterocycles. The van der Waals surface area contributed by atoms with Crippen molar-refractivity contribution in [2.24, 2.45) is 0 Å². The molecule has 4 nitrogen and oxygen atoms in total. The van der Waals surface area contributed by atoms with Gasteiger partial charge in [-0.2, -0.15) is 0 Å². The average molecular weight is 479 g/mol. The number of rotatable bonds is 17. The molecule has 0 aromatic heterocycles. The maximum absolute atomic E-state index is 12.1. The molecule has 0 radical (unpaired) electrons. The van der Waals surface area contributed by atoms with E-state index in [0.29, 0.717) is 6.61 Å². The molecule has 0 aliphatic heterocycles. The van der Waals surface area contributed by atoms with Gasteiger partial charge in [-0.3, -0.25) is 9.59 Å². The van der Waals surface area contributed by atoms with Gasteiger partial charge in [0.25, 0.3) is 0 Å². The first-order valence-electron chi connectivity index (χ1n) is 11.6. The van der Waals surface area contributed by atoms with Crippen LogP contribution in [0.15, 0.2) is 30.3 Å². The Balaban J connectivity index is 0.00000900. The van der Waals surface area contributed by atoms with Gasteiger partial charge >= 0.3 is 49.7 Å². The van der Waals surface area contributed by atoms with Gasteiger partial charge in [0, 0.05) is 0 Å². The molecule has 0 saturated heterocycles. The number of esters is 2. The van der Waals surface area contributed by atoms with E-state index < -0.39 is 5.25 Å². The summed E-state index contributed by atoms with van der Waals surface area (Å²) in [6, 6.07) is 9.58. The van der Waals surface area contributed by atoms with Gasteiger partial charge in [0.2, 0.25) is 0 Å². The summed E-state index contributed by atoms with van der Waals surface area (Å²) < 4.78 is 10.7. The Morgan fingerprint density at radius 2 is 1.26 bits per heavy atom. The average Bonchev–Trinajstić information content (AvgIpc) is 2.76. The first kappa shape index (κ1) is 30.8. The van der Waals surface area contributed by atoms with Crippen LogP contribution in [0.4, 0.5) is 0 Å². The van der Waals surface area contributed by atoms with Gasteiger partial charge in [-0.1, -0.05) is 95.0 Å². The molecule has 6 heteroatoms. The van der Waals surface area contributed by atoms with E-state index in [2.05, 4.69) is 6.92 Å². The van der Waals surface area contributed by atoms with Crippen molar-refractivity contribution in [3.63, 3.8) is 0 Å². The van der Waals surface area contributed by atoms with Crippen LogP contribution in [-0.2, 0) is 25.7 Å². The van der Waals surface area contributed by atoms with Crippen molar-refractivity contribution in [3.8, 4) is 0 Å². The van der Waals surface area contributed by atoms with Crippen molar-refractivity contribution in [3.05, 3.63) is 35.9 Å². The van der Waals surface area contributed by atoms with E-state index in [1.807, 2.05) is 30.3 Å². The molecule has 174 valence electrons. The molecular formula is C25H42CaO4S. The van der Waals surface area contributed by atoms with E-state index >= 15 is 0 Å². The molecule has 1 rings (SSSR count). The zero-order chi connectivity index (χ0) is 22.0. The predicted molar refractivity (Wildman–Crippen MR) is 134 cm³/mol. The Bertz CT molecular complexity index is 582. The van der Waals surface area contributed by atoms with Crippen molar-refractivity contribution in [2.75, 3.05) is 6.61 Å². The number of benzene rings is 1. The Hall–Kier alpha value is -0.230. The molecule has 0 spiro atoms. The van der Waals surface area contributed by atoms with Crippen LogP contribution in [0.2, 0.25) is 0 Å². The molecule has 0 N–H and O–H groups in total. The van der Waals surface area contributed by atoms with E-state index in [9.17, 15) is 9.59 Å². The normalized spacial score (nSPS) is 12.5. The Kier molecular flexibility index (Phi) is 20.2. The van der Waals surface area contributed by atoms with Crippen LogP contribution in [0.25, 0.3) is 0 Å². The number of carbonyl (C=O) groups excluding carboxylic acids is 2. The van der Waals surface area contributed by atoms with Crippen LogP contribution < -0.4 is 0 Å². The van der Waals surface area contributed by atoms with E-state index in [1.54, 1.807) is 13.8 Å². The maximum atomic E-state index is 12.1. The zero-order valence-corrected chi connectivity index (χ0v) is 19.9. The Morgan fingerprint density at radius 3 is 1.81 bits per heavy atom. The number of carbonyl (C=O) groups is 2. The molecular weight excluding hydrogens is 436 g/mol. The fraction of sp³-hybridized carbons (Fsp3) is 0.680. The summed E-state index contributed by atoms with van der Waals surface area (Å²) in [6.07, 6.45) is 12.5. The number of thioether (sulfide) groups is 1. The monoisotopic (exact) mass is 478 g/mol. The standard InChI is InChI=1S/C25H40O4S.Ca.2H/c1-4-5-6-7-8-9-10-11-12-16-19-28-24(26)21(2)30-22(3)25(27)29-20-23-17-14-13-15-18-23;;;/h13-15,17-18,21-22H,4-12,16,19-20H2,1-3H3;;;. The summed E-state index contributed by atoms with van der Waals surface area (Å²) >= 11 is 1.28. The first-order chi connectivity index (χ1) is 14.5. The van der Waals surface area contributed by atoms with Crippen LogP contribution in [0.1, 0.15) is 90.5 Å². The van der Waals surface area contributed by atoms with Gasteiger partial charge in [0.15, 0.2) is 0 Å². The quantitative estimate of drug-likeness (QED) is 0.161. The van der Waals surface area contributed by atoms with Crippen molar-refractivity contribution in [1.82, 2.24) is 0 Å². The number of hydrogen-bond acceptors (Lipinski definition) is 5. The summed E-state index contributed by atoms with van der Waals surface area (Å²) in [7, 11) is 0. The van der Waals surface area contributed by atoms with Crippen LogP contribution in [-0.4, -0.2) is 66.8 Å². The molecule has 0 aliphatic carbocycles.